The maximum absolute atomic E-state index is 13.9. The number of likely N-dealkylation sites (N-methyl/N-ethyl adjacent to an activating group) is 2. The van der Waals surface area contributed by atoms with Crippen LogP contribution >= 0.6 is 0 Å². The zero-order valence-electron chi connectivity index (χ0n) is 28.3. The number of aliphatic hydroxyl groups excluding tert-OH is 2. The Bertz CT molecular complexity index is 1150. The molecule has 1 saturated carbocycles. The van der Waals surface area contributed by atoms with Gasteiger partial charge in [0.1, 0.15) is 12.1 Å². The summed E-state index contributed by atoms with van der Waals surface area (Å²) in [5.74, 6) is 2.64. The van der Waals surface area contributed by atoms with Crippen LogP contribution in [0, 0.1) is 42.4 Å². The molecule has 1 aliphatic rings. The summed E-state index contributed by atoms with van der Waals surface area (Å²) in [6, 6.07) is 7.57. The molecule has 46 heavy (non-hydrogen) atoms. The minimum Gasteiger partial charge on any atom is -0.389 e. The number of hydrogen-bond donors (Lipinski definition) is 4. The normalized spacial score (nSPS) is 17.4. The minimum absolute atomic E-state index is 0.0322. The third kappa shape index (κ3) is 12.8. The van der Waals surface area contributed by atoms with Crippen molar-refractivity contribution in [3.8, 4) is 24.7 Å². The monoisotopic (exact) mass is 636 g/mol. The first-order valence-corrected chi connectivity index (χ1v) is 16.9. The third-order valence-electron chi connectivity index (χ3n) is 9.30. The van der Waals surface area contributed by atoms with Crippen molar-refractivity contribution in [2.45, 2.75) is 103 Å². The molecule has 0 aliphatic heterocycles. The van der Waals surface area contributed by atoms with Crippen LogP contribution in [0.4, 0.5) is 0 Å². The predicted octanol–water partition coefficient (Wildman–Crippen LogP) is 2.99. The number of hydrogen-bond acceptors (Lipinski definition) is 6. The van der Waals surface area contributed by atoms with Gasteiger partial charge in [-0.3, -0.25) is 14.4 Å². The third-order valence-corrected chi connectivity index (χ3v) is 9.30. The maximum atomic E-state index is 13.9. The Hall–Kier alpha value is -3.37. The van der Waals surface area contributed by atoms with Gasteiger partial charge in [-0.15, -0.1) is 24.7 Å². The van der Waals surface area contributed by atoms with Gasteiger partial charge in [0.05, 0.1) is 18.1 Å². The molecule has 9 heteroatoms. The molecular weight excluding hydrogens is 580 g/mol. The first-order valence-electron chi connectivity index (χ1n) is 16.9. The summed E-state index contributed by atoms with van der Waals surface area (Å²) in [5, 5.41) is 27.3. The number of nitrogens with one attached hydrogen (secondary N) is 2. The van der Waals surface area contributed by atoms with Gasteiger partial charge in [-0.1, -0.05) is 76.3 Å². The molecule has 1 aliphatic carbocycles. The lowest BCUT2D eigenvalue weighted by Gasteiger charge is -2.33. The zero-order valence-corrected chi connectivity index (χ0v) is 28.3. The van der Waals surface area contributed by atoms with E-state index in [0.29, 0.717) is 19.4 Å². The molecule has 6 atom stereocenters. The summed E-state index contributed by atoms with van der Waals surface area (Å²) in [7, 11) is 1.74. The van der Waals surface area contributed by atoms with Crippen molar-refractivity contribution < 1.29 is 24.6 Å². The van der Waals surface area contributed by atoms with Crippen LogP contribution in [0.2, 0.25) is 0 Å². The fourth-order valence-electron chi connectivity index (χ4n) is 6.11. The molecule has 0 aromatic heterocycles. The van der Waals surface area contributed by atoms with E-state index in [2.05, 4.69) is 41.2 Å². The lowest BCUT2D eigenvalue weighted by molar-refractivity contribution is -0.137. The summed E-state index contributed by atoms with van der Waals surface area (Å²) >= 11 is 0. The Balaban J connectivity index is 2.26. The van der Waals surface area contributed by atoms with Gasteiger partial charge in [0.2, 0.25) is 17.7 Å². The Morgan fingerprint density at radius 1 is 0.978 bits per heavy atom. The Labute approximate surface area is 276 Å². The molecule has 3 amide bonds. The Morgan fingerprint density at radius 2 is 1.63 bits per heavy atom. The molecule has 0 spiro atoms. The maximum Gasteiger partial charge on any atom is 0.244 e. The zero-order chi connectivity index (χ0) is 34.1. The van der Waals surface area contributed by atoms with E-state index in [1.54, 1.807) is 18.9 Å². The van der Waals surface area contributed by atoms with Gasteiger partial charge < -0.3 is 30.6 Å². The molecule has 0 radical (unpaired) electrons. The highest BCUT2D eigenvalue weighted by molar-refractivity contribution is 5.91. The van der Waals surface area contributed by atoms with E-state index >= 15 is 0 Å². The summed E-state index contributed by atoms with van der Waals surface area (Å²) in [4.78, 5) is 44.9. The minimum atomic E-state index is -1.28. The van der Waals surface area contributed by atoms with Crippen molar-refractivity contribution >= 4 is 17.7 Å². The van der Waals surface area contributed by atoms with Crippen molar-refractivity contribution in [3.63, 3.8) is 0 Å². The summed E-state index contributed by atoms with van der Waals surface area (Å²) in [5.41, 5.74) is 0.894. The largest absolute Gasteiger partial charge is 0.389 e. The van der Waals surface area contributed by atoms with Crippen LogP contribution in [-0.4, -0.2) is 95.3 Å². The fourth-order valence-corrected chi connectivity index (χ4v) is 6.11. The van der Waals surface area contributed by atoms with E-state index in [4.69, 9.17) is 12.8 Å². The first kappa shape index (κ1) is 38.8. The first-order chi connectivity index (χ1) is 22.0. The summed E-state index contributed by atoms with van der Waals surface area (Å²) in [6.45, 7) is 8.86. The quantitative estimate of drug-likeness (QED) is 0.173. The lowest BCUT2D eigenvalue weighted by Crippen LogP contribution is -2.57. The van der Waals surface area contributed by atoms with Crippen molar-refractivity contribution in [1.29, 1.82) is 0 Å². The molecule has 1 aromatic carbocycles. The SMILES string of the molecule is C#CCC(O)C(O)C(CC1CCCCC1)NC(=O)C(NC(=O)C(CC(=O)N(C)CCN(CC)CC)Cc1ccccc1)C(C)C#C. The summed E-state index contributed by atoms with van der Waals surface area (Å²) in [6.07, 6.45) is 14.6. The average Bonchev–Trinajstić information content (AvgIpc) is 3.06. The van der Waals surface area contributed by atoms with E-state index in [1.807, 2.05) is 30.3 Å². The van der Waals surface area contributed by atoms with Crippen molar-refractivity contribution in [3.05, 3.63) is 35.9 Å². The number of aliphatic hydroxyl groups is 2. The van der Waals surface area contributed by atoms with Crippen LogP contribution in [0.3, 0.4) is 0 Å². The predicted molar refractivity (Wildman–Crippen MR) is 182 cm³/mol. The van der Waals surface area contributed by atoms with Crippen LogP contribution < -0.4 is 10.6 Å². The lowest BCUT2D eigenvalue weighted by atomic mass is 9.82. The highest BCUT2D eigenvalue weighted by Crippen LogP contribution is 2.29. The number of nitrogens with zero attached hydrogens (tertiary/aromatic N) is 2. The van der Waals surface area contributed by atoms with Crippen LogP contribution in [-0.2, 0) is 20.8 Å². The van der Waals surface area contributed by atoms with E-state index < -0.39 is 47.9 Å². The van der Waals surface area contributed by atoms with Crippen molar-refractivity contribution in [1.82, 2.24) is 20.4 Å². The molecule has 6 unspecified atom stereocenters. The fraction of sp³-hybridized carbons (Fsp3) is 0.649. The number of benzene rings is 1. The Morgan fingerprint density at radius 3 is 2.22 bits per heavy atom. The van der Waals surface area contributed by atoms with Crippen molar-refractivity contribution in [2.75, 3.05) is 33.2 Å². The molecule has 0 heterocycles. The molecule has 254 valence electrons. The average molecular weight is 637 g/mol. The second-order valence-corrected chi connectivity index (χ2v) is 12.7. The van der Waals surface area contributed by atoms with Gasteiger partial charge in [0, 0.05) is 38.9 Å². The summed E-state index contributed by atoms with van der Waals surface area (Å²) < 4.78 is 0. The van der Waals surface area contributed by atoms with Crippen molar-refractivity contribution in [2.24, 2.45) is 17.8 Å². The van der Waals surface area contributed by atoms with Crippen LogP contribution in [0.5, 0.6) is 0 Å². The second kappa shape index (κ2) is 20.7. The van der Waals surface area contributed by atoms with Crippen LogP contribution in [0.15, 0.2) is 30.3 Å². The molecule has 4 N–H and O–H groups in total. The van der Waals surface area contributed by atoms with Crippen LogP contribution in [0.25, 0.3) is 0 Å². The number of rotatable bonds is 19. The van der Waals surface area contributed by atoms with Gasteiger partial charge in [-0.2, -0.15) is 0 Å². The van der Waals surface area contributed by atoms with E-state index in [0.717, 1.165) is 57.3 Å². The molecule has 1 aromatic rings. The number of amides is 3. The van der Waals surface area contributed by atoms with E-state index in [1.165, 1.54) is 0 Å². The van der Waals surface area contributed by atoms with E-state index in [-0.39, 0.29) is 24.7 Å². The number of carbonyl (C=O) groups excluding carboxylic acids is 3. The van der Waals surface area contributed by atoms with Gasteiger partial charge in [-0.05, 0) is 44.3 Å². The van der Waals surface area contributed by atoms with Gasteiger partial charge in [0.15, 0.2) is 0 Å². The highest BCUT2D eigenvalue weighted by atomic mass is 16.3. The molecule has 9 nitrogen and oxygen atoms in total. The molecule has 0 bridgehead atoms. The van der Waals surface area contributed by atoms with Gasteiger partial charge in [-0.25, -0.2) is 0 Å². The van der Waals surface area contributed by atoms with E-state index in [9.17, 15) is 24.6 Å². The molecule has 1 fully saturated rings. The standard InChI is InChI=1S/C37H56N4O5/c1-7-17-32(42)35(44)31(25-29-20-15-12-16-21-29)38-37(46)34(27(5)8-2)39-36(45)30(24-28-18-13-11-14-19-28)26-33(43)40(6)22-23-41(9-3)10-4/h1-2,11,13-14,18-19,27,29-32,34-35,42,44H,9-10,12,15-17,20-26H2,3-6H3,(H,38,46)(H,39,45). The Kier molecular flexibility index (Phi) is 17.5. The van der Waals surface area contributed by atoms with Gasteiger partial charge >= 0.3 is 0 Å². The van der Waals surface area contributed by atoms with Gasteiger partial charge in [0.25, 0.3) is 0 Å². The highest BCUT2D eigenvalue weighted by Gasteiger charge is 2.35. The number of carbonyl (C=O) groups is 3. The molecular formula is C37H56N4O5. The molecule has 0 saturated heterocycles. The molecule has 2 rings (SSSR count). The second-order valence-electron chi connectivity index (χ2n) is 12.7. The van der Waals surface area contributed by atoms with Crippen LogP contribution in [0.1, 0.15) is 77.7 Å². The number of terminal acetylenes is 2. The smallest absolute Gasteiger partial charge is 0.244 e. The topological polar surface area (TPSA) is 122 Å².